The first-order chi connectivity index (χ1) is 10.2. The van der Waals surface area contributed by atoms with Crippen LogP contribution in [0.15, 0.2) is 36.7 Å². The van der Waals surface area contributed by atoms with Crippen LogP contribution in [0, 0.1) is 6.92 Å². The summed E-state index contributed by atoms with van der Waals surface area (Å²) in [4.78, 5) is 4.48. The third-order valence-corrected chi connectivity index (χ3v) is 3.78. The Morgan fingerprint density at radius 1 is 1.14 bits per heavy atom. The zero-order chi connectivity index (χ0) is 15.1. The van der Waals surface area contributed by atoms with Crippen molar-refractivity contribution in [2.45, 2.75) is 52.6 Å². The Hall–Kier alpha value is -1.61. The van der Waals surface area contributed by atoms with Crippen LogP contribution in [0.1, 0.15) is 49.7 Å². The molecule has 0 aliphatic rings. The summed E-state index contributed by atoms with van der Waals surface area (Å²) in [6.45, 7) is 8.52. The number of aromatic nitrogens is 2. The van der Waals surface area contributed by atoms with Gasteiger partial charge in [-0.25, -0.2) is 4.98 Å². The third kappa shape index (κ3) is 4.43. The van der Waals surface area contributed by atoms with Gasteiger partial charge in [-0.3, -0.25) is 0 Å². The van der Waals surface area contributed by atoms with Crippen LogP contribution in [0.2, 0.25) is 0 Å². The molecule has 2 aromatic rings. The summed E-state index contributed by atoms with van der Waals surface area (Å²) in [5.74, 6) is 1.19. The Morgan fingerprint density at radius 2 is 1.90 bits per heavy atom. The minimum absolute atomic E-state index is 0.343. The summed E-state index contributed by atoms with van der Waals surface area (Å²) in [7, 11) is 0. The molecule has 1 unspecified atom stereocenters. The summed E-state index contributed by atoms with van der Waals surface area (Å²) < 4.78 is 2.29. The first-order valence-corrected chi connectivity index (χ1v) is 8.04. The number of aryl methyl sites for hydroxylation is 2. The fourth-order valence-corrected chi connectivity index (χ4v) is 2.56. The second-order valence-corrected chi connectivity index (χ2v) is 5.66. The van der Waals surface area contributed by atoms with Crippen molar-refractivity contribution in [3.05, 3.63) is 53.6 Å². The van der Waals surface area contributed by atoms with Gasteiger partial charge in [0.15, 0.2) is 0 Å². The molecular weight excluding hydrogens is 258 g/mol. The van der Waals surface area contributed by atoms with E-state index < -0.39 is 0 Å². The molecule has 0 aliphatic heterocycles. The molecule has 0 fully saturated rings. The summed E-state index contributed by atoms with van der Waals surface area (Å²) >= 11 is 0. The molecule has 0 saturated carbocycles. The molecule has 0 aliphatic carbocycles. The second-order valence-electron chi connectivity index (χ2n) is 5.66. The van der Waals surface area contributed by atoms with Crippen molar-refractivity contribution in [1.82, 2.24) is 14.9 Å². The second kappa shape index (κ2) is 7.99. The fourth-order valence-electron chi connectivity index (χ4n) is 2.56. The van der Waals surface area contributed by atoms with Crippen LogP contribution in [0.4, 0.5) is 0 Å². The fraction of sp³-hybridized carbons (Fsp3) is 0.500. The number of nitrogens with one attached hydrogen (secondary N) is 1. The standard InChI is InChI=1S/C18H27N3/c1-4-6-18-20-12-13-21(18)14-17(19-11-5-2)16-9-7-15(3)8-10-16/h7-10,12-13,17,19H,4-6,11,14H2,1-3H3. The van der Waals surface area contributed by atoms with Crippen LogP contribution in [0.25, 0.3) is 0 Å². The van der Waals surface area contributed by atoms with Crippen LogP contribution in [-0.4, -0.2) is 16.1 Å². The lowest BCUT2D eigenvalue weighted by atomic mass is 10.0. The van der Waals surface area contributed by atoms with Crippen molar-refractivity contribution >= 4 is 0 Å². The van der Waals surface area contributed by atoms with Crippen LogP contribution in [-0.2, 0) is 13.0 Å². The average Bonchev–Trinajstić information content (AvgIpc) is 2.92. The van der Waals surface area contributed by atoms with Crippen LogP contribution in [0.3, 0.4) is 0 Å². The smallest absolute Gasteiger partial charge is 0.108 e. The maximum atomic E-state index is 4.48. The first kappa shape index (κ1) is 15.8. The van der Waals surface area contributed by atoms with Crippen molar-refractivity contribution in [3.63, 3.8) is 0 Å². The number of benzene rings is 1. The van der Waals surface area contributed by atoms with Crippen LogP contribution < -0.4 is 5.32 Å². The quantitative estimate of drug-likeness (QED) is 0.797. The van der Waals surface area contributed by atoms with Crippen molar-refractivity contribution in [3.8, 4) is 0 Å². The molecular formula is C18H27N3. The Balaban J connectivity index is 2.15. The molecule has 2 rings (SSSR count). The minimum Gasteiger partial charge on any atom is -0.333 e. The molecule has 0 bridgehead atoms. The van der Waals surface area contributed by atoms with E-state index in [0.717, 1.165) is 32.4 Å². The van der Waals surface area contributed by atoms with Crippen LogP contribution >= 0.6 is 0 Å². The van der Waals surface area contributed by atoms with E-state index in [0.29, 0.717) is 6.04 Å². The van der Waals surface area contributed by atoms with Gasteiger partial charge < -0.3 is 9.88 Å². The maximum Gasteiger partial charge on any atom is 0.108 e. The van der Waals surface area contributed by atoms with E-state index in [4.69, 9.17) is 0 Å². The highest BCUT2D eigenvalue weighted by atomic mass is 15.1. The monoisotopic (exact) mass is 285 g/mol. The van der Waals surface area contributed by atoms with E-state index in [1.807, 2.05) is 6.20 Å². The normalized spacial score (nSPS) is 12.5. The van der Waals surface area contributed by atoms with E-state index in [1.165, 1.54) is 17.0 Å². The molecule has 1 heterocycles. The van der Waals surface area contributed by atoms with Crippen molar-refractivity contribution < 1.29 is 0 Å². The topological polar surface area (TPSA) is 29.9 Å². The summed E-state index contributed by atoms with van der Waals surface area (Å²) in [6.07, 6.45) is 7.33. The van der Waals surface area contributed by atoms with Gasteiger partial charge in [0.05, 0.1) is 6.04 Å². The van der Waals surface area contributed by atoms with E-state index in [1.54, 1.807) is 0 Å². The number of imidazole rings is 1. The average molecular weight is 285 g/mol. The number of rotatable bonds is 8. The first-order valence-electron chi connectivity index (χ1n) is 8.04. The molecule has 21 heavy (non-hydrogen) atoms. The van der Waals surface area contributed by atoms with Gasteiger partial charge in [0.25, 0.3) is 0 Å². The van der Waals surface area contributed by atoms with E-state index >= 15 is 0 Å². The molecule has 1 aromatic heterocycles. The van der Waals surface area contributed by atoms with Crippen molar-refractivity contribution in [2.75, 3.05) is 6.54 Å². The molecule has 0 saturated heterocycles. The lowest BCUT2D eigenvalue weighted by Gasteiger charge is -2.21. The van der Waals surface area contributed by atoms with E-state index in [2.05, 4.69) is 66.1 Å². The summed E-state index contributed by atoms with van der Waals surface area (Å²) in [5, 5.41) is 3.66. The maximum absolute atomic E-state index is 4.48. The molecule has 0 radical (unpaired) electrons. The van der Waals surface area contributed by atoms with Gasteiger partial charge in [-0.05, 0) is 31.9 Å². The minimum atomic E-state index is 0.343. The SMILES string of the molecule is CCCNC(Cn1ccnc1CCC)c1ccc(C)cc1. The van der Waals surface area contributed by atoms with Gasteiger partial charge in [-0.2, -0.15) is 0 Å². The number of nitrogens with zero attached hydrogens (tertiary/aromatic N) is 2. The zero-order valence-electron chi connectivity index (χ0n) is 13.5. The highest BCUT2D eigenvalue weighted by Crippen LogP contribution is 2.17. The highest BCUT2D eigenvalue weighted by Gasteiger charge is 2.13. The van der Waals surface area contributed by atoms with Gasteiger partial charge in [0.1, 0.15) is 5.82 Å². The number of hydrogen-bond acceptors (Lipinski definition) is 2. The van der Waals surface area contributed by atoms with Crippen LogP contribution in [0.5, 0.6) is 0 Å². The summed E-state index contributed by atoms with van der Waals surface area (Å²) in [5.41, 5.74) is 2.66. The van der Waals surface area contributed by atoms with Gasteiger partial charge in [-0.15, -0.1) is 0 Å². The lowest BCUT2D eigenvalue weighted by Crippen LogP contribution is -2.26. The molecule has 114 valence electrons. The Bertz CT molecular complexity index is 528. The molecule has 1 atom stereocenters. The third-order valence-electron chi connectivity index (χ3n) is 3.78. The molecule has 1 N–H and O–H groups in total. The highest BCUT2D eigenvalue weighted by molar-refractivity contribution is 5.24. The Labute approximate surface area is 128 Å². The van der Waals surface area contributed by atoms with Crippen molar-refractivity contribution in [2.24, 2.45) is 0 Å². The van der Waals surface area contributed by atoms with E-state index in [-0.39, 0.29) is 0 Å². The predicted octanol–water partition coefficient (Wildman–Crippen LogP) is 3.88. The van der Waals surface area contributed by atoms with Gasteiger partial charge in [-0.1, -0.05) is 43.7 Å². The predicted molar refractivity (Wildman–Crippen MR) is 88.4 cm³/mol. The van der Waals surface area contributed by atoms with Crippen molar-refractivity contribution in [1.29, 1.82) is 0 Å². The molecule has 3 nitrogen and oxygen atoms in total. The zero-order valence-corrected chi connectivity index (χ0v) is 13.5. The lowest BCUT2D eigenvalue weighted by molar-refractivity contribution is 0.453. The molecule has 1 aromatic carbocycles. The molecule has 3 heteroatoms. The van der Waals surface area contributed by atoms with Gasteiger partial charge in [0, 0.05) is 25.4 Å². The van der Waals surface area contributed by atoms with E-state index in [9.17, 15) is 0 Å². The van der Waals surface area contributed by atoms with Gasteiger partial charge >= 0.3 is 0 Å². The molecule has 0 spiro atoms. The number of hydrogen-bond donors (Lipinski definition) is 1. The Morgan fingerprint density at radius 3 is 2.57 bits per heavy atom. The van der Waals surface area contributed by atoms with Gasteiger partial charge in [0.2, 0.25) is 0 Å². The summed E-state index contributed by atoms with van der Waals surface area (Å²) in [6, 6.07) is 9.20. The largest absolute Gasteiger partial charge is 0.333 e. The Kier molecular flexibility index (Phi) is 6.00. The molecule has 0 amide bonds.